The van der Waals surface area contributed by atoms with E-state index in [0.29, 0.717) is 13.1 Å². The van der Waals surface area contributed by atoms with Crippen LogP contribution in [0.5, 0.6) is 0 Å². The Labute approximate surface area is 178 Å². The molecular formula is C25H29N3O2. The van der Waals surface area contributed by atoms with Gasteiger partial charge in [0.15, 0.2) is 0 Å². The minimum atomic E-state index is -0.904. The van der Waals surface area contributed by atoms with Crippen LogP contribution in [-0.4, -0.2) is 37.8 Å². The van der Waals surface area contributed by atoms with Gasteiger partial charge in [0.05, 0.1) is 11.3 Å². The van der Waals surface area contributed by atoms with Gasteiger partial charge in [0.2, 0.25) is 0 Å². The minimum Gasteiger partial charge on any atom is -0.389 e. The number of hydrogen-bond donors (Lipinski definition) is 1. The number of amides is 1. The highest BCUT2D eigenvalue weighted by Gasteiger charge is 2.33. The monoisotopic (exact) mass is 403 g/mol. The Morgan fingerprint density at radius 1 is 1.10 bits per heavy atom. The number of benzene rings is 2. The van der Waals surface area contributed by atoms with Gasteiger partial charge in [-0.3, -0.25) is 9.48 Å². The van der Waals surface area contributed by atoms with Crippen LogP contribution in [-0.2, 0) is 20.0 Å². The number of aliphatic hydroxyl groups is 1. The Hall–Kier alpha value is -2.92. The van der Waals surface area contributed by atoms with Crippen LogP contribution in [0.25, 0.3) is 11.3 Å². The molecule has 1 N–H and O–H groups in total. The highest BCUT2D eigenvalue weighted by Crippen LogP contribution is 2.32. The van der Waals surface area contributed by atoms with Gasteiger partial charge in [-0.25, -0.2) is 0 Å². The van der Waals surface area contributed by atoms with Crippen molar-refractivity contribution in [2.75, 3.05) is 6.54 Å². The molecule has 4 rings (SSSR count). The first-order chi connectivity index (χ1) is 14.1. The molecule has 0 bridgehead atoms. The molecule has 0 spiro atoms. The fraction of sp³-hybridized carbons (Fsp3) is 0.360. The number of aryl methyl sites for hydroxylation is 1. The van der Waals surface area contributed by atoms with Crippen molar-refractivity contribution in [3.63, 3.8) is 0 Å². The zero-order valence-electron chi connectivity index (χ0n) is 18.4. The molecule has 0 saturated carbocycles. The first-order valence-corrected chi connectivity index (χ1v) is 10.3. The van der Waals surface area contributed by atoms with Crippen molar-refractivity contribution in [2.45, 2.75) is 46.3 Å². The Morgan fingerprint density at radius 3 is 2.40 bits per heavy atom. The number of hydrogen-bond acceptors (Lipinski definition) is 3. The molecule has 156 valence electrons. The van der Waals surface area contributed by atoms with Gasteiger partial charge in [0.1, 0.15) is 0 Å². The molecule has 1 aromatic heterocycles. The average Bonchev–Trinajstić information content (AvgIpc) is 3.24. The zero-order valence-corrected chi connectivity index (χ0v) is 18.4. The van der Waals surface area contributed by atoms with Gasteiger partial charge in [-0.15, -0.1) is 0 Å². The summed E-state index contributed by atoms with van der Waals surface area (Å²) in [6.07, 6.45) is 2.72. The van der Waals surface area contributed by atoms with E-state index < -0.39 is 5.60 Å². The molecule has 5 heteroatoms. The van der Waals surface area contributed by atoms with Crippen LogP contribution in [0.1, 0.15) is 52.0 Å². The number of rotatable bonds is 5. The van der Waals surface area contributed by atoms with Crippen molar-refractivity contribution in [3.8, 4) is 11.3 Å². The number of nitrogens with zero attached hydrogens (tertiary/aromatic N) is 3. The van der Waals surface area contributed by atoms with E-state index in [4.69, 9.17) is 0 Å². The summed E-state index contributed by atoms with van der Waals surface area (Å²) in [7, 11) is 1.92. The van der Waals surface area contributed by atoms with Crippen LogP contribution in [0.2, 0.25) is 0 Å². The van der Waals surface area contributed by atoms with E-state index >= 15 is 0 Å². The fourth-order valence-electron chi connectivity index (χ4n) is 4.23. The Balaban J connectivity index is 1.59. The van der Waals surface area contributed by atoms with E-state index in [1.807, 2.05) is 19.3 Å². The number of carbonyl (C=O) groups excluding carboxylic acids is 1. The number of fused-ring (bicyclic) bond motifs is 1. The fourth-order valence-corrected chi connectivity index (χ4v) is 4.23. The first-order valence-electron chi connectivity index (χ1n) is 10.3. The third kappa shape index (κ3) is 3.90. The summed E-state index contributed by atoms with van der Waals surface area (Å²) in [5.74, 6) is 0.0157. The highest BCUT2D eigenvalue weighted by molar-refractivity contribution is 5.99. The lowest BCUT2D eigenvalue weighted by Crippen LogP contribution is -2.38. The van der Waals surface area contributed by atoms with E-state index in [1.165, 1.54) is 22.3 Å². The smallest absolute Gasteiger partial charge is 0.254 e. The molecular weight excluding hydrogens is 374 g/mol. The maximum atomic E-state index is 13.0. The van der Waals surface area contributed by atoms with E-state index in [0.717, 1.165) is 28.8 Å². The van der Waals surface area contributed by atoms with Crippen molar-refractivity contribution in [1.29, 1.82) is 0 Å². The third-order valence-electron chi connectivity index (χ3n) is 5.94. The van der Waals surface area contributed by atoms with E-state index in [9.17, 15) is 9.90 Å². The summed E-state index contributed by atoms with van der Waals surface area (Å²) in [5, 5.41) is 14.6. The van der Waals surface area contributed by atoms with Gasteiger partial charge in [-0.2, -0.15) is 5.10 Å². The lowest BCUT2D eigenvalue weighted by atomic mass is 9.91. The number of β-amino-alcohol motifs (C(OH)–C–C–N with tert-alkyl or cyclic N) is 1. The largest absolute Gasteiger partial charge is 0.389 e. The van der Waals surface area contributed by atoms with Crippen molar-refractivity contribution in [3.05, 3.63) is 76.0 Å². The van der Waals surface area contributed by atoms with Crippen LogP contribution >= 0.6 is 0 Å². The molecule has 5 nitrogen and oxygen atoms in total. The molecule has 3 aromatic rings. The van der Waals surface area contributed by atoms with Gasteiger partial charge in [0.25, 0.3) is 5.91 Å². The van der Waals surface area contributed by atoms with Gasteiger partial charge in [-0.1, -0.05) is 24.3 Å². The van der Waals surface area contributed by atoms with Gasteiger partial charge < -0.3 is 10.0 Å². The standard InChI is InChI=1S/C25H29N3O2/c1-16-17(2)22-14-28(15-25(3,4)30)24(29)21(22)13-20(16)12-18-6-8-19(9-7-18)23-10-11-27(5)26-23/h6-11,13,30H,12,14-15H2,1-5H3. The molecule has 0 atom stereocenters. The topological polar surface area (TPSA) is 58.4 Å². The number of carbonyl (C=O) groups is 1. The van der Waals surface area contributed by atoms with Crippen LogP contribution in [0.4, 0.5) is 0 Å². The zero-order chi connectivity index (χ0) is 21.6. The predicted molar refractivity (Wildman–Crippen MR) is 118 cm³/mol. The minimum absolute atomic E-state index is 0.0157. The van der Waals surface area contributed by atoms with E-state index in [1.54, 1.807) is 23.4 Å². The molecule has 30 heavy (non-hydrogen) atoms. The molecule has 2 aromatic carbocycles. The Kier molecular flexibility index (Phi) is 5.02. The summed E-state index contributed by atoms with van der Waals surface area (Å²) in [5.41, 5.74) is 7.83. The summed E-state index contributed by atoms with van der Waals surface area (Å²) >= 11 is 0. The molecule has 0 aliphatic carbocycles. The predicted octanol–water partition coefficient (Wildman–Crippen LogP) is 4.02. The number of aromatic nitrogens is 2. The van der Waals surface area contributed by atoms with Crippen molar-refractivity contribution >= 4 is 5.91 Å². The van der Waals surface area contributed by atoms with E-state index in [-0.39, 0.29) is 5.91 Å². The van der Waals surface area contributed by atoms with Crippen molar-refractivity contribution in [1.82, 2.24) is 14.7 Å². The molecule has 0 fully saturated rings. The lowest BCUT2D eigenvalue weighted by molar-refractivity contribution is 0.0314. The summed E-state index contributed by atoms with van der Waals surface area (Å²) in [6.45, 7) is 8.62. The van der Waals surface area contributed by atoms with Crippen molar-refractivity contribution in [2.24, 2.45) is 7.05 Å². The molecule has 1 aliphatic rings. The van der Waals surface area contributed by atoms with Crippen LogP contribution in [0.15, 0.2) is 42.6 Å². The van der Waals surface area contributed by atoms with Gasteiger partial charge >= 0.3 is 0 Å². The third-order valence-corrected chi connectivity index (χ3v) is 5.94. The van der Waals surface area contributed by atoms with Crippen LogP contribution < -0.4 is 0 Å². The second-order valence-electron chi connectivity index (χ2n) is 9.03. The van der Waals surface area contributed by atoms with E-state index in [2.05, 4.69) is 49.3 Å². The van der Waals surface area contributed by atoms with Gasteiger partial charge in [-0.05, 0) is 74.1 Å². The highest BCUT2D eigenvalue weighted by atomic mass is 16.3. The second kappa shape index (κ2) is 7.40. The average molecular weight is 404 g/mol. The van der Waals surface area contributed by atoms with Crippen molar-refractivity contribution < 1.29 is 9.90 Å². The molecule has 0 radical (unpaired) electrons. The summed E-state index contributed by atoms with van der Waals surface area (Å²) < 4.78 is 1.80. The van der Waals surface area contributed by atoms with Crippen LogP contribution in [0.3, 0.4) is 0 Å². The molecule has 1 aliphatic heterocycles. The molecule has 0 unspecified atom stereocenters. The maximum absolute atomic E-state index is 13.0. The maximum Gasteiger partial charge on any atom is 0.254 e. The summed E-state index contributed by atoms with van der Waals surface area (Å²) in [4.78, 5) is 14.7. The van der Waals surface area contributed by atoms with Gasteiger partial charge in [0, 0.05) is 37.5 Å². The SMILES string of the molecule is Cc1c(Cc2ccc(-c3ccn(C)n3)cc2)cc2c(c1C)CN(CC(C)(C)O)C2=O. The Bertz CT molecular complexity index is 1100. The van der Waals surface area contributed by atoms with Crippen LogP contribution in [0, 0.1) is 13.8 Å². The molecule has 0 saturated heterocycles. The molecule has 1 amide bonds. The molecule has 2 heterocycles. The lowest BCUT2D eigenvalue weighted by Gasteiger charge is -2.25. The Morgan fingerprint density at radius 2 is 1.80 bits per heavy atom. The first kappa shape index (κ1) is 20.4. The second-order valence-corrected chi connectivity index (χ2v) is 9.03. The summed E-state index contributed by atoms with van der Waals surface area (Å²) in [6, 6.07) is 12.5. The quantitative estimate of drug-likeness (QED) is 0.700. The normalized spacial score (nSPS) is 13.8.